The average molecular weight is 316 g/mol. The summed E-state index contributed by atoms with van der Waals surface area (Å²) in [7, 11) is -0.241. The molecule has 0 aliphatic carbocycles. The van der Waals surface area contributed by atoms with Crippen molar-refractivity contribution >= 4 is 16.0 Å². The number of carboxylic acid groups (broad SMARTS) is 1. The minimum atomic E-state index is -3.70. The smallest absolute Gasteiger partial charge is 0.335 e. The van der Waals surface area contributed by atoms with E-state index in [9.17, 15) is 13.2 Å². The molecular weight excluding hydrogens is 296 g/mol. The van der Waals surface area contributed by atoms with E-state index in [2.05, 4.69) is 4.72 Å². The van der Waals surface area contributed by atoms with Gasteiger partial charge in [0, 0.05) is 26.7 Å². The van der Waals surface area contributed by atoms with Crippen molar-refractivity contribution in [3.05, 3.63) is 29.8 Å². The first-order valence-electron chi connectivity index (χ1n) is 6.37. The first kappa shape index (κ1) is 17.6. The first-order valence-corrected chi connectivity index (χ1v) is 7.85. The van der Waals surface area contributed by atoms with E-state index >= 15 is 0 Å². The summed E-state index contributed by atoms with van der Waals surface area (Å²) < 4.78 is 31.5. The van der Waals surface area contributed by atoms with Gasteiger partial charge in [-0.15, -0.1) is 0 Å². The molecule has 118 valence electrons. The standard InChI is InChI=1S/C13H20N2O5S/c1-15(8-9-20-2)7-6-14-21(18,19)12-5-3-4-11(10-12)13(16)17/h3-5,10,14H,6-9H2,1-2H3,(H,16,17). The molecule has 0 saturated heterocycles. The molecule has 7 nitrogen and oxygen atoms in total. The molecule has 21 heavy (non-hydrogen) atoms. The Kier molecular flexibility index (Phi) is 6.76. The highest BCUT2D eigenvalue weighted by atomic mass is 32.2. The summed E-state index contributed by atoms with van der Waals surface area (Å²) in [4.78, 5) is 12.7. The van der Waals surface area contributed by atoms with Crippen LogP contribution in [0.25, 0.3) is 0 Å². The topological polar surface area (TPSA) is 95.9 Å². The van der Waals surface area contributed by atoms with Gasteiger partial charge in [-0.3, -0.25) is 0 Å². The fraction of sp³-hybridized carbons (Fsp3) is 0.462. The highest BCUT2D eigenvalue weighted by Gasteiger charge is 2.15. The predicted octanol–water partition coefficient (Wildman–Crippen LogP) is 0.241. The van der Waals surface area contributed by atoms with Crippen LogP contribution in [0.5, 0.6) is 0 Å². The maximum atomic E-state index is 12.1. The monoisotopic (exact) mass is 316 g/mol. The normalized spacial score (nSPS) is 11.8. The van der Waals surface area contributed by atoms with Crippen molar-refractivity contribution in [1.82, 2.24) is 9.62 Å². The van der Waals surface area contributed by atoms with Gasteiger partial charge in [0.2, 0.25) is 10.0 Å². The predicted molar refractivity (Wildman–Crippen MR) is 78.0 cm³/mol. The van der Waals surface area contributed by atoms with Crippen molar-refractivity contribution in [3.63, 3.8) is 0 Å². The molecular formula is C13H20N2O5S. The minimum Gasteiger partial charge on any atom is -0.478 e. The van der Waals surface area contributed by atoms with Crippen LogP contribution >= 0.6 is 0 Å². The number of methoxy groups -OCH3 is 1. The van der Waals surface area contributed by atoms with Crippen LogP contribution in [0.15, 0.2) is 29.2 Å². The van der Waals surface area contributed by atoms with Gasteiger partial charge in [-0.05, 0) is 25.2 Å². The Hall–Kier alpha value is -1.48. The third-order valence-electron chi connectivity index (χ3n) is 2.85. The summed E-state index contributed by atoms with van der Waals surface area (Å²) in [5.41, 5.74) is -0.0601. The molecule has 0 aliphatic rings. The number of nitrogens with one attached hydrogen (secondary N) is 1. The second-order valence-electron chi connectivity index (χ2n) is 4.53. The number of nitrogens with zero attached hydrogens (tertiary/aromatic N) is 1. The lowest BCUT2D eigenvalue weighted by Gasteiger charge is -2.16. The molecule has 0 spiro atoms. The number of ether oxygens (including phenoxy) is 1. The summed E-state index contributed by atoms with van der Waals surface area (Å²) in [6, 6.07) is 5.26. The number of carboxylic acids is 1. The van der Waals surface area contributed by atoms with Crippen LogP contribution in [0.4, 0.5) is 0 Å². The highest BCUT2D eigenvalue weighted by Crippen LogP contribution is 2.11. The zero-order valence-electron chi connectivity index (χ0n) is 12.1. The zero-order valence-corrected chi connectivity index (χ0v) is 12.9. The number of likely N-dealkylation sites (N-methyl/N-ethyl adjacent to an activating group) is 1. The molecule has 0 radical (unpaired) electrons. The molecule has 0 aliphatic heterocycles. The van der Waals surface area contributed by atoms with Crippen LogP contribution < -0.4 is 4.72 Å². The van der Waals surface area contributed by atoms with Crippen LogP contribution in [0.3, 0.4) is 0 Å². The fourth-order valence-electron chi connectivity index (χ4n) is 1.61. The van der Waals surface area contributed by atoms with Gasteiger partial charge < -0.3 is 14.7 Å². The molecule has 0 fully saturated rings. The highest BCUT2D eigenvalue weighted by molar-refractivity contribution is 7.89. The molecule has 2 N–H and O–H groups in total. The molecule has 0 saturated carbocycles. The Bertz CT molecular complexity index is 574. The number of hydrogen-bond acceptors (Lipinski definition) is 5. The maximum Gasteiger partial charge on any atom is 0.335 e. The zero-order chi connectivity index (χ0) is 15.9. The Balaban J connectivity index is 2.61. The van der Waals surface area contributed by atoms with Gasteiger partial charge in [-0.25, -0.2) is 17.9 Å². The molecule has 1 aromatic rings. The number of hydrogen-bond donors (Lipinski definition) is 2. The van der Waals surface area contributed by atoms with E-state index in [0.29, 0.717) is 19.7 Å². The quantitative estimate of drug-likeness (QED) is 0.677. The van der Waals surface area contributed by atoms with E-state index in [4.69, 9.17) is 9.84 Å². The SMILES string of the molecule is COCCN(C)CCNS(=O)(=O)c1cccc(C(=O)O)c1. The third-order valence-corrected chi connectivity index (χ3v) is 4.31. The maximum absolute atomic E-state index is 12.1. The second-order valence-corrected chi connectivity index (χ2v) is 6.29. The average Bonchev–Trinajstić information content (AvgIpc) is 2.45. The van der Waals surface area contributed by atoms with Gasteiger partial charge >= 0.3 is 5.97 Å². The lowest BCUT2D eigenvalue weighted by atomic mass is 10.2. The van der Waals surface area contributed by atoms with Crippen molar-refractivity contribution < 1.29 is 23.1 Å². The van der Waals surface area contributed by atoms with E-state index in [0.717, 1.165) is 6.07 Å². The van der Waals surface area contributed by atoms with E-state index in [-0.39, 0.29) is 17.0 Å². The fourth-order valence-corrected chi connectivity index (χ4v) is 2.68. The summed E-state index contributed by atoms with van der Waals surface area (Å²) in [5, 5.41) is 8.87. The molecule has 0 aromatic heterocycles. The van der Waals surface area contributed by atoms with Crippen LogP contribution in [0.2, 0.25) is 0 Å². The van der Waals surface area contributed by atoms with Gasteiger partial charge in [0.05, 0.1) is 17.1 Å². The Morgan fingerprint density at radius 1 is 1.38 bits per heavy atom. The Morgan fingerprint density at radius 3 is 2.71 bits per heavy atom. The summed E-state index contributed by atoms with van der Waals surface area (Å²) in [6.45, 7) is 2.04. The number of rotatable bonds is 9. The van der Waals surface area contributed by atoms with Gasteiger partial charge in [0.15, 0.2) is 0 Å². The molecule has 0 heterocycles. The van der Waals surface area contributed by atoms with Gasteiger partial charge in [-0.2, -0.15) is 0 Å². The van der Waals surface area contributed by atoms with E-state index in [1.165, 1.54) is 18.2 Å². The molecule has 8 heteroatoms. The van der Waals surface area contributed by atoms with Crippen molar-refractivity contribution in [2.24, 2.45) is 0 Å². The van der Waals surface area contributed by atoms with Crippen molar-refractivity contribution in [2.45, 2.75) is 4.90 Å². The molecule has 0 unspecified atom stereocenters. The second kappa shape index (κ2) is 8.08. The van der Waals surface area contributed by atoms with E-state index in [1.54, 1.807) is 7.11 Å². The largest absolute Gasteiger partial charge is 0.478 e. The molecule has 1 rings (SSSR count). The van der Waals surface area contributed by atoms with E-state index in [1.807, 2.05) is 11.9 Å². The number of aromatic carboxylic acids is 1. The van der Waals surface area contributed by atoms with Gasteiger partial charge in [0.25, 0.3) is 0 Å². The molecule has 0 atom stereocenters. The Labute approximate surface area is 124 Å². The number of carbonyl (C=O) groups is 1. The van der Waals surface area contributed by atoms with Crippen LogP contribution in [-0.2, 0) is 14.8 Å². The van der Waals surface area contributed by atoms with Crippen molar-refractivity contribution in [2.75, 3.05) is 40.4 Å². The summed E-state index contributed by atoms with van der Waals surface area (Å²) in [6.07, 6.45) is 0. The molecule has 1 aromatic carbocycles. The van der Waals surface area contributed by atoms with Crippen LogP contribution in [-0.4, -0.2) is 64.8 Å². The lowest BCUT2D eigenvalue weighted by Crippen LogP contribution is -2.34. The number of sulfonamides is 1. The van der Waals surface area contributed by atoms with Crippen molar-refractivity contribution in [3.8, 4) is 0 Å². The number of benzene rings is 1. The first-order chi connectivity index (χ1) is 9.86. The van der Waals surface area contributed by atoms with Crippen molar-refractivity contribution in [1.29, 1.82) is 0 Å². The van der Waals surface area contributed by atoms with Crippen LogP contribution in [0.1, 0.15) is 10.4 Å². The summed E-state index contributed by atoms with van der Waals surface area (Å²) >= 11 is 0. The van der Waals surface area contributed by atoms with Crippen LogP contribution in [0, 0.1) is 0 Å². The summed E-state index contributed by atoms with van der Waals surface area (Å²) in [5.74, 6) is -1.16. The lowest BCUT2D eigenvalue weighted by molar-refractivity contribution is 0.0696. The molecule has 0 bridgehead atoms. The minimum absolute atomic E-state index is 0.0538. The third kappa shape index (κ3) is 5.80. The Morgan fingerprint density at radius 2 is 2.10 bits per heavy atom. The van der Waals surface area contributed by atoms with Gasteiger partial charge in [0.1, 0.15) is 0 Å². The van der Waals surface area contributed by atoms with Gasteiger partial charge in [-0.1, -0.05) is 6.07 Å². The molecule has 0 amide bonds. The van der Waals surface area contributed by atoms with E-state index < -0.39 is 16.0 Å².